The van der Waals surface area contributed by atoms with Crippen LogP contribution in [-0.2, 0) is 0 Å². The SMILES string of the molecule is S=C1N[C@@H](c2ccccn2)[C@H](c2ccc(-c3ccc(Cl)c(Cl)c3)o2)N1c1ccccc1. The van der Waals surface area contributed by atoms with Gasteiger partial charge in [0.05, 0.1) is 21.8 Å². The molecule has 0 aliphatic carbocycles. The maximum atomic E-state index is 6.33. The number of hydrogen-bond donors (Lipinski definition) is 1. The fourth-order valence-electron chi connectivity index (χ4n) is 3.83. The van der Waals surface area contributed by atoms with Crippen LogP contribution in [0.2, 0.25) is 10.0 Å². The smallest absolute Gasteiger partial charge is 0.174 e. The van der Waals surface area contributed by atoms with Gasteiger partial charge in [0.1, 0.15) is 17.6 Å². The number of halogens is 2. The van der Waals surface area contributed by atoms with Crippen LogP contribution >= 0.6 is 35.4 Å². The van der Waals surface area contributed by atoms with Gasteiger partial charge in [-0.05, 0) is 66.8 Å². The van der Waals surface area contributed by atoms with E-state index in [4.69, 9.17) is 39.8 Å². The van der Waals surface area contributed by atoms with Gasteiger partial charge in [0, 0.05) is 17.4 Å². The Labute approximate surface area is 195 Å². The van der Waals surface area contributed by atoms with Crippen LogP contribution in [0.4, 0.5) is 5.69 Å². The van der Waals surface area contributed by atoms with E-state index in [1.54, 1.807) is 18.3 Å². The van der Waals surface area contributed by atoms with Crippen LogP contribution in [0, 0.1) is 0 Å². The number of hydrogen-bond acceptors (Lipinski definition) is 3. The summed E-state index contributed by atoms with van der Waals surface area (Å²) in [6.45, 7) is 0. The average molecular weight is 466 g/mol. The Hall–Kier alpha value is -2.86. The van der Waals surface area contributed by atoms with Crippen molar-refractivity contribution in [3.8, 4) is 11.3 Å². The molecule has 154 valence electrons. The van der Waals surface area contributed by atoms with E-state index in [-0.39, 0.29) is 12.1 Å². The van der Waals surface area contributed by atoms with Crippen LogP contribution in [0.1, 0.15) is 23.5 Å². The van der Waals surface area contributed by atoms with Crippen LogP contribution in [-0.4, -0.2) is 10.1 Å². The molecular weight excluding hydrogens is 449 g/mol. The number of benzene rings is 2. The molecule has 4 aromatic rings. The summed E-state index contributed by atoms with van der Waals surface area (Å²) in [7, 11) is 0. The summed E-state index contributed by atoms with van der Waals surface area (Å²) in [5.41, 5.74) is 2.73. The Balaban J connectivity index is 1.59. The summed E-state index contributed by atoms with van der Waals surface area (Å²) in [6, 6.07) is 24.9. The number of furan rings is 1. The third-order valence-corrected chi connectivity index (χ3v) is 6.31. The Morgan fingerprint density at radius 2 is 1.71 bits per heavy atom. The van der Waals surface area contributed by atoms with Crippen molar-refractivity contribution in [3.63, 3.8) is 0 Å². The Morgan fingerprint density at radius 1 is 0.903 bits per heavy atom. The first-order chi connectivity index (χ1) is 15.1. The van der Waals surface area contributed by atoms with E-state index in [1.165, 1.54) is 0 Å². The van der Waals surface area contributed by atoms with E-state index in [0.29, 0.717) is 20.9 Å². The number of rotatable bonds is 4. The zero-order valence-corrected chi connectivity index (χ0v) is 18.5. The van der Waals surface area contributed by atoms with Crippen molar-refractivity contribution in [2.45, 2.75) is 12.1 Å². The van der Waals surface area contributed by atoms with Gasteiger partial charge >= 0.3 is 0 Å². The van der Waals surface area contributed by atoms with Crippen molar-refractivity contribution >= 4 is 46.2 Å². The fourth-order valence-corrected chi connectivity index (χ4v) is 4.47. The van der Waals surface area contributed by atoms with E-state index in [1.807, 2.05) is 66.7 Å². The van der Waals surface area contributed by atoms with Gasteiger partial charge in [0.15, 0.2) is 5.11 Å². The van der Waals surface area contributed by atoms with Crippen LogP contribution in [0.5, 0.6) is 0 Å². The fraction of sp³-hybridized carbons (Fsp3) is 0.0833. The van der Waals surface area contributed by atoms with Gasteiger partial charge in [-0.15, -0.1) is 0 Å². The van der Waals surface area contributed by atoms with Crippen LogP contribution in [0.25, 0.3) is 11.3 Å². The summed E-state index contributed by atoms with van der Waals surface area (Å²) < 4.78 is 6.33. The number of thiocarbonyl (C=S) groups is 1. The Bertz CT molecular complexity index is 1230. The highest BCUT2D eigenvalue weighted by Crippen LogP contribution is 2.43. The molecule has 1 fully saturated rings. The summed E-state index contributed by atoms with van der Waals surface area (Å²) in [5, 5.41) is 5.05. The maximum Gasteiger partial charge on any atom is 0.174 e. The molecule has 2 aromatic heterocycles. The predicted molar refractivity (Wildman–Crippen MR) is 129 cm³/mol. The average Bonchev–Trinajstić information content (AvgIpc) is 3.41. The van der Waals surface area contributed by atoms with E-state index in [2.05, 4.69) is 15.2 Å². The zero-order chi connectivity index (χ0) is 21.4. The highest BCUT2D eigenvalue weighted by atomic mass is 35.5. The van der Waals surface area contributed by atoms with Gasteiger partial charge in [-0.2, -0.15) is 0 Å². The maximum absolute atomic E-state index is 6.33. The second-order valence-corrected chi connectivity index (χ2v) is 8.36. The quantitative estimate of drug-likeness (QED) is 0.334. The molecule has 1 N–H and O–H groups in total. The molecule has 0 amide bonds. The van der Waals surface area contributed by atoms with Gasteiger partial charge in [0.2, 0.25) is 0 Å². The van der Waals surface area contributed by atoms with Crippen molar-refractivity contribution in [3.05, 3.63) is 107 Å². The van der Waals surface area contributed by atoms with Gasteiger partial charge < -0.3 is 14.6 Å². The lowest BCUT2D eigenvalue weighted by atomic mass is 10.0. The standard InChI is InChI=1S/C24H17Cl2N3OS/c25-17-10-9-15(14-18(17)26)20-11-12-21(30-20)23-22(19-8-4-5-13-27-19)28-24(31)29(23)16-6-2-1-3-7-16/h1-14,22-23H,(H,28,31)/t22-,23-/m0/s1. The van der Waals surface area contributed by atoms with Gasteiger partial charge in [-0.25, -0.2) is 0 Å². The van der Waals surface area contributed by atoms with E-state index in [0.717, 1.165) is 22.7 Å². The normalized spacial score (nSPS) is 18.3. The van der Waals surface area contributed by atoms with Gasteiger partial charge in [0.25, 0.3) is 0 Å². The predicted octanol–water partition coefficient (Wildman–Crippen LogP) is 6.83. The minimum atomic E-state index is -0.207. The molecule has 0 saturated carbocycles. The molecule has 0 unspecified atom stereocenters. The zero-order valence-electron chi connectivity index (χ0n) is 16.2. The second kappa shape index (κ2) is 8.35. The molecule has 5 rings (SSSR count). The first-order valence-corrected chi connectivity index (χ1v) is 10.9. The number of nitrogens with zero attached hydrogens (tertiary/aromatic N) is 2. The van der Waals surface area contributed by atoms with Crippen LogP contribution < -0.4 is 10.2 Å². The number of para-hydroxylation sites is 1. The molecule has 0 spiro atoms. The lowest BCUT2D eigenvalue weighted by molar-refractivity contribution is 0.439. The van der Waals surface area contributed by atoms with Crippen molar-refractivity contribution < 1.29 is 4.42 Å². The van der Waals surface area contributed by atoms with Crippen molar-refractivity contribution in [2.24, 2.45) is 0 Å². The number of aromatic nitrogens is 1. The van der Waals surface area contributed by atoms with Crippen LogP contribution in [0.3, 0.4) is 0 Å². The minimum Gasteiger partial charge on any atom is -0.459 e. The molecule has 2 atom stereocenters. The van der Waals surface area contributed by atoms with E-state index >= 15 is 0 Å². The lowest BCUT2D eigenvalue weighted by Crippen LogP contribution is -2.29. The molecule has 31 heavy (non-hydrogen) atoms. The molecule has 2 aromatic carbocycles. The molecule has 1 aliphatic rings. The molecule has 0 bridgehead atoms. The number of nitrogens with one attached hydrogen (secondary N) is 1. The number of anilines is 1. The monoisotopic (exact) mass is 465 g/mol. The summed E-state index contributed by atoms with van der Waals surface area (Å²) in [4.78, 5) is 6.64. The van der Waals surface area contributed by atoms with E-state index in [9.17, 15) is 0 Å². The first-order valence-electron chi connectivity index (χ1n) is 9.72. The summed E-state index contributed by atoms with van der Waals surface area (Å²) in [6.07, 6.45) is 1.78. The van der Waals surface area contributed by atoms with Crippen molar-refractivity contribution in [2.75, 3.05) is 4.90 Å². The largest absolute Gasteiger partial charge is 0.459 e. The minimum absolute atomic E-state index is 0.165. The van der Waals surface area contributed by atoms with Crippen LogP contribution in [0.15, 0.2) is 89.5 Å². The highest BCUT2D eigenvalue weighted by Gasteiger charge is 2.42. The third kappa shape index (κ3) is 3.81. The summed E-state index contributed by atoms with van der Waals surface area (Å²) in [5.74, 6) is 1.48. The summed E-state index contributed by atoms with van der Waals surface area (Å²) >= 11 is 18.0. The molecule has 7 heteroatoms. The lowest BCUT2D eigenvalue weighted by Gasteiger charge is -2.26. The van der Waals surface area contributed by atoms with Crippen molar-refractivity contribution in [1.82, 2.24) is 10.3 Å². The molecule has 3 heterocycles. The van der Waals surface area contributed by atoms with Gasteiger partial charge in [-0.3, -0.25) is 4.98 Å². The highest BCUT2D eigenvalue weighted by molar-refractivity contribution is 7.80. The molecule has 4 nitrogen and oxygen atoms in total. The number of pyridine rings is 1. The Kier molecular flexibility index (Phi) is 5.40. The molecule has 0 radical (unpaired) electrons. The topological polar surface area (TPSA) is 41.3 Å². The Morgan fingerprint density at radius 3 is 2.45 bits per heavy atom. The molecular formula is C24H17Cl2N3OS. The first kappa shape index (κ1) is 20.1. The second-order valence-electron chi connectivity index (χ2n) is 7.16. The molecule has 1 saturated heterocycles. The van der Waals surface area contributed by atoms with E-state index < -0.39 is 0 Å². The third-order valence-electron chi connectivity index (χ3n) is 5.25. The van der Waals surface area contributed by atoms with Crippen molar-refractivity contribution in [1.29, 1.82) is 0 Å². The van der Waals surface area contributed by atoms with Gasteiger partial charge in [-0.1, -0.05) is 47.5 Å². The molecule has 1 aliphatic heterocycles.